The predicted molar refractivity (Wildman–Crippen MR) is 266 cm³/mol. The molecule has 1 aliphatic rings. The third-order valence-electron chi connectivity index (χ3n) is 13.6. The summed E-state index contributed by atoms with van der Waals surface area (Å²) in [5, 5.41) is 9.51. The lowest BCUT2D eigenvalue weighted by atomic mass is 9.77. The van der Waals surface area contributed by atoms with Crippen molar-refractivity contribution in [3.63, 3.8) is 0 Å². The van der Waals surface area contributed by atoms with Gasteiger partial charge in [0.2, 0.25) is 0 Å². The van der Waals surface area contributed by atoms with Crippen molar-refractivity contribution in [3.05, 3.63) is 217 Å². The zero-order valence-electron chi connectivity index (χ0n) is 35.4. The zero-order chi connectivity index (χ0) is 42.5. The van der Waals surface area contributed by atoms with Crippen molar-refractivity contribution in [2.75, 3.05) is 0 Å². The lowest BCUT2D eigenvalue weighted by molar-refractivity contribution is 0.668. The van der Waals surface area contributed by atoms with E-state index < -0.39 is 0 Å². The summed E-state index contributed by atoms with van der Waals surface area (Å²) in [6.07, 6.45) is 0. The molecule has 10 aromatic carbocycles. The lowest BCUT2D eigenvalue weighted by Gasteiger charge is -2.26. The van der Waals surface area contributed by atoms with Gasteiger partial charge in [-0.3, -0.25) is 0 Å². The topological polar surface area (TPSA) is 43.6 Å². The largest absolute Gasteiger partial charge is 0.309 e. The highest BCUT2D eigenvalue weighted by molar-refractivity contribution is 6.16. The fourth-order valence-corrected chi connectivity index (χ4v) is 10.8. The number of aromatic nitrogens is 4. The predicted octanol–water partition coefficient (Wildman–Crippen LogP) is 15.4. The number of rotatable bonds is 5. The van der Waals surface area contributed by atoms with Gasteiger partial charge in [0.25, 0.3) is 0 Å². The van der Waals surface area contributed by atoms with E-state index in [9.17, 15) is 0 Å². The lowest BCUT2D eigenvalue weighted by Crippen LogP contribution is -2.17. The van der Waals surface area contributed by atoms with Gasteiger partial charge >= 0.3 is 0 Å². The molecule has 2 aromatic heterocycles. The Morgan fingerprint density at radius 1 is 0.344 bits per heavy atom. The van der Waals surface area contributed by atoms with Gasteiger partial charge in [0.15, 0.2) is 17.5 Å². The monoisotopic (exact) mass is 816 g/mol. The first kappa shape index (κ1) is 36.4. The molecule has 13 rings (SSSR count). The van der Waals surface area contributed by atoms with Crippen molar-refractivity contribution in [2.24, 2.45) is 0 Å². The molecule has 300 valence electrons. The average molecular weight is 817 g/mol. The molecule has 0 saturated carbocycles. The van der Waals surface area contributed by atoms with Crippen LogP contribution in [-0.4, -0.2) is 19.5 Å². The van der Waals surface area contributed by atoms with Crippen molar-refractivity contribution in [1.82, 2.24) is 19.5 Å². The third-order valence-corrected chi connectivity index (χ3v) is 13.6. The normalized spacial score (nSPS) is 13.0. The molecule has 1 aliphatic carbocycles. The summed E-state index contributed by atoms with van der Waals surface area (Å²) >= 11 is 0. The highest BCUT2D eigenvalue weighted by Crippen LogP contribution is 2.55. The quantitative estimate of drug-likeness (QED) is 0.174. The molecule has 64 heavy (non-hydrogen) atoms. The minimum atomic E-state index is -0.331. The van der Waals surface area contributed by atoms with E-state index in [1.54, 1.807) is 0 Å². The fraction of sp³-hybridized carbons (Fsp3) is 0.0500. The summed E-state index contributed by atoms with van der Waals surface area (Å²) < 4.78 is 2.41. The van der Waals surface area contributed by atoms with E-state index >= 15 is 0 Å². The van der Waals surface area contributed by atoms with E-state index in [1.165, 1.54) is 71.3 Å². The van der Waals surface area contributed by atoms with Crippen LogP contribution in [0.1, 0.15) is 25.0 Å². The summed E-state index contributed by atoms with van der Waals surface area (Å²) in [5.41, 5.74) is 13.9. The smallest absolute Gasteiger partial charge is 0.164 e. The molecule has 0 atom stereocenters. The Labute approximate surface area is 370 Å². The van der Waals surface area contributed by atoms with Gasteiger partial charge in [-0.25, -0.2) is 15.0 Å². The molecular weight excluding hydrogens is 777 g/mol. The molecule has 12 aromatic rings. The van der Waals surface area contributed by atoms with Crippen LogP contribution >= 0.6 is 0 Å². The van der Waals surface area contributed by atoms with Crippen LogP contribution < -0.4 is 0 Å². The molecule has 0 N–H and O–H groups in total. The maximum atomic E-state index is 5.30. The van der Waals surface area contributed by atoms with Crippen molar-refractivity contribution < 1.29 is 0 Å². The molecule has 0 spiro atoms. The Hall–Kier alpha value is -8.21. The van der Waals surface area contributed by atoms with Crippen molar-refractivity contribution in [3.8, 4) is 62.1 Å². The highest BCUT2D eigenvalue weighted by Gasteiger charge is 2.39. The van der Waals surface area contributed by atoms with Crippen LogP contribution in [0.4, 0.5) is 0 Å². The molecule has 0 bridgehead atoms. The molecule has 0 amide bonds. The number of para-hydroxylation sites is 2. The van der Waals surface area contributed by atoms with E-state index in [2.05, 4.69) is 225 Å². The van der Waals surface area contributed by atoms with Gasteiger partial charge in [-0.15, -0.1) is 0 Å². The van der Waals surface area contributed by atoms with Gasteiger partial charge in [0, 0.05) is 38.6 Å². The van der Waals surface area contributed by atoms with Crippen LogP contribution in [0, 0.1) is 0 Å². The maximum Gasteiger partial charge on any atom is 0.164 e. The molecule has 4 heteroatoms. The first-order valence-corrected chi connectivity index (χ1v) is 22.0. The second kappa shape index (κ2) is 13.9. The molecule has 0 radical (unpaired) electrons. The van der Waals surface area contributed by atoms with Crippen molar-refractivity contribution in [2.45, 2.75) is 19.3 Å². The van der Waals surface area contributed by atoms with Crippen LogP contribution in [0.3, 0.4) is 0 Å². The number of benzene rings is 10. The first-order chi connectivity index (χ1) is 31.5. The minimum absolute atomic E-state index is 0.331. The van der Waals surface area contributed by atoms with Crippen LogP contribution in [-0.2, 0) is 5.41 Å². The number of nitrogens with zero attached hydrogens (tertiary/aromatic N) is 4. The van der Waals surface area contributed by atoms with Gasteiger partial charge in [0.1, 0.15) is 0 Å². The van der Waals surface area contributed by atoms with Crippen LogP contribution in [0.15, 0.2) is 206 Å². The standard InChI is InChI=1S/C60H40N4/c1-60(2)55-46(45-23-14-28-53-54(45)50-22-10-11-27-52(50)64(53)43-19-4-3-5-20-43)24-13-25-47(55)48-34-33-39-30-32-42(36-51(39)56(48)60)58-61-57(41-31-29-37-15-6-7-17-40(37)35-41)62-59(63-58)49-26-12-18-38-16-8-9-21-44(38)49/h3-36H,1-2H3. The van der Waals surface area contributed by atoms with E-state index in [0.717, 1.165) is 38.5 Å². The summed E-state index contributed by atoms with van der Waals surface area (Å²) in [5.74, 6) is 1.96. The van der Waals surface area contributed by atoms with Crippen LogP contribution in [0.25, 0.3) is 116 Å². The second-order valence-electron chi connectivity index (χ2n) is 17.6. The Balaban J connectivity index is 1.00. The summed E-state index contributed by atoms with van der Waals surface area (Å²) in [6.45, 7) is 4.81. The van der Waals surface area contributed by atoms with Crippen LogP contribution in [0.2, 0.25) is 0 Å². The molecule has 2 heterocycles. The first-order valence-electron chi connectivity index (χ1n) is 22.0. The highest BCUT2D eigenvalue weighted by atomic mass is 15.0. The maximum absolute atomic E-state index is 5.30. The SMILES string of the molecule is CC1(C)c2c(cccc2-c2cccc3c2c2ccccc2n3-c2ccccc2)-c2ccc3ccc(-c4nc(-c5ccc6ccccc6c5)nc(-c5cccc6ccccc56)n4)cc3c21. The number of hydrogen-bond acceptors (Lipinski definition) is 3. The van der Waals surface area contributed by atoms with Crippen LogP contribution in [0.5, 0.6) is 0 Å². The average Bonchev–Trinajstić information content (AvgIpc) is 3.82. The Bertz CT molecular complexity index is 3870. The summed E-state index contributed by atoms with van der Waals surface area (Å²) in [4.78, 5) is 15.8. The van der Waals surface area contributed by atoms with E-state index in [-0.39, 0.29) is 5.41 Å². The summed E-state index contributed by atoms with van der Waals surface area (Å²) in [6, 6.07) is 74.3. The zero-order valence-corrected chi connectivity index (χ0v) is 35.4. The third kappa shape index (κ3) is 5.45. The Morgan fingerprint density at radius 3 is 1.70 bits per heavy atom. The van der Waals surface area contributed by atoms with E-state index in [1.807, 2.05) is 0 Å². The summed E-state index contributed by atoms with van der Waals surface area (Å²) in [7, 11) is 0. The van der Waals surface area contributed by atoms with Crippen molar-refractivity contribution in [1.29, 1.82) is 0 Å². The van der Waals surface area contributed by atoms with Gasteiger partial charge in [-0.2, -0.15) is 0 Å². The molecule has 0 saturated heterocycles. The second-order valence-corrected chi connectivity index (χ2v) is 17.6. The Kier molecular flexibility index (Phi) is 7.92. The van der Waals surface area contributed by atoms with E-state index in [0.29, 0.717) is 17.5 Å². The molecule has 0 aliphatic heterocycles. The molecular formula is C60H40N4. The van der Waals surface area contributed by atoms with Gasteiger partial charge in [-0.1, -0.05) is 184 Å². The molecule has 0 fully saturated rings. The molecule has 4 nitrogen and oxygen atoms in total. The minimum Gasteiger partial charge on any atom is -0.309 e. The number of hydrogen-bond donors (Lipinski definition) is 0. The Morgan fingerprint density at radius 2 is 0.875 bits per heavy atom. The van der Waals surface area contributed by atoms with Gasteiger partial charge in [0.05, 0.1) is 11.0 Å². The van der Waals surface area contributed by atoms with E-state index in [4.69, 9.17) is 15.0 Å². The van der Waals surface area contributed by atoms with Gasteiger partial charge in [-0.05, 0) is 102 Å². The number of fused-ring (bicyclic) bond motifs is 10. The molecule has 0 unspecified atom stereocenters. The van der Waals surface area contributed by atoms with Gasteiger partial charge < -0.3 is 4.57 Å². The van der Waals surface area contributed by atoms with Crippen molar-refractivity contribution >= 4 is 54.1 Å². The fourth-order valence-electron chi connectivity index (χ4n) is 10.8.